The van der Waals surface area contributed by atoms with Crippen molar-refractivity contribution in [1.82, 2.24) is 10.2 Å². The molecule has 6 nitrogen and oxygen atoms in total. The first kappa shape index (κ1) is 26.7. The Bertz CT molecular complexity index is 1020. The minimum absolute atomic E-state index is 0.0422. The van der Waals surface area contributed by atoms with Gasteiger partial charge in [-0.2, -0.15) is 0 Å². The van der Waals surface area contributed by atoms with Gasteiger partial charge in [0.1, 0.15) is 4.75 Å². The molecule has 0 spiro atoms. The van der Waals surface area contributed by atoms with Gasteiger partial charge in [0.2, 0.25) is 11.8 Å². The summed E-state index contributed by atoms with van der Waals surface area (Å²) in [6, 6.07) is 15.7. The summed E-state index contributed by atoms with van der Waals surface area (Å²) in [5, 5.41) is 12.7. The summed E-state index contributed by atoms with van der Waals surface area (Å²) in [6.07, 6.45) is 6.21. The molecule has 2 amide bonds. The lowest BCUT2D eigenvalue weighted by atomic mass is 9.88. The Balaban J connectivity index is 1.78. The van der Waals surface area contributed by atoms with Gasteiger partial charge >= 0.3 is 0 Å². The molecule has 2 atom stereocenters. The van der Waals surface area contributed by atoms with Crippen molar-refractivity contribution < 1.29 is 19.4 Å². The second-order valence-electron chi connectivity index (χ2n) is 9.98. The van der Waals surface area contributed by atoms with Crippen LogP contribution in [0.2, 0.25) is 0 Å². The Morgan fingerprint density at radius 2 is 1.81 bits per heavy atom. The van der Waals surface area contributed by atoms with Crippen LogP contribution in [0.3, 0.4) is 0 Å². The van der Waals surface area contributed by atoms with E-state index in [9.17, 15) is 14.7 Å². The summed E-state index contributed by atoms with van der Waals surface area (Å²) in [6.45, 7) is 3.07. The minimum atomic E-state index is -1.00. The fraction of sp³-hybridized carbons (Fsp3) is 0.517. The molecule has 194 valence electrons. The van der Waals surface area contributed by atoms with E-state index in [4.69, 9.17) is 4.74 Å². The van der Waals surface area contributed by atoms with E-state index in [1.807, 2.05) is 60.4 Å². The Morgan fingerprint density at radius 3 is 2.44 bits per heavy atom. The predicted octanol–water partition coefficient (Wildman–Crippen LogP) is 4.78. The molecule has 2 aromatic rings. The van der Waals surface area contributed by atoms with Gasteiger partial charge in [-0.3, -0.25) is 9.59 Å². The van der Waals surface area contributed by atoms with E-state index in [0.717, 1.165) is 47.3 Å². The number of amides is 2. The first-order valence-electron chi connectivity index (χ1n) is 13.0. The number of ether oxygens (including phenoxy) is 1. The van der Waals surface area contributed by atoms with Crippen LogP contribution in [-0.2, 0) is 20.9 Å². The number of nitrogens with zero attached hydrogens (tertiary/aromatic N) is 1. The lowest BCUT2D eigenvalue weighted by Crippen LogP contribution is -2.50. The van der Waals surface area contributed by atoms with E-state index in [2.05, 4.69) is 5.32 Å². The lowest BCUT2D eigenvalue weighted by Gasteiger charge is -2.41. The number of thioether (sulfide) groups is 1. The first-order chi connectivity index (χ1) is 17.5. The maximum Gasteiger partial charge on any atom is 0.239 e. The Morgan fingerprint density at radius 1 is 1.11 bits per heavy atom. The van der Waals surface area contributed by atoms with Crippen LogP contribution in [0.5, 0.6) is 0 Å². The van der Waals surface area contributed by atoms with Crippen molar-refractivity contribution in [2.75, 3.05) is 20.3 Å². The largest absolute Gasteiger partial charge is 0.392 e. The quantitative estimate of drug-likeness (QED) is 0.450. The highest BCUT2D eigenvalue weighted by Gasteiger charge is 2.59. The molecular formula is C29H38N2O4S. The van der Waals surface area contributed by atoms with Gasteiger partial charge in [0.15, 0.2) is 0 Å². The van der Waals surface area contributed by atoms with Crippen LogP contribution < -0.4 is 5.32 Å². The SMILES string of the molecule is COCCCNC(=O)[C@@]1(Sc2ccc(C)cc2)CC(=O)N(C2CCCCC2)[C@@H]1c1ccc(CO)cc1. The Kier molecular flexibility index (Phi) is 9.09. The molecule has 7 heteroatoms. The van der Waals surface area contributed by atoms with Crippen LogP contribution >= 0.6 is 11.8 Å². The number of likely N-dealkylation sites (tertiary alicyclic amines) is 1. The number of hydrogen-bond acceptors (Lipinski definition) is 5. The van der Waals surface area contributed by atoms with Gasteiger partial charge in [-0.05, 0) is 49.4 Å². The molecular weight excluding hydrogens is 472 g/mol. The third-order valence-corrected chi connectivity index (χ3v) is 8.81. The average molecular weight is 511 g/mol. The predicted molar refractivity (Wildman–Crippen MR) is 143 cm³/mol. The number of rotatable bonds is 10. The van der Waals surface area contributed by atoms with Gasteiger partial charge in [-0.15, -0.1) is 11.8 Å². The number of aryl methyl sites for hydroxylation is 1. The van der Waals surface area contributed by atoms with Crippen LogP contribution in [0.1, 0.15) is 67.7 Å². The van der Waals surface area contributed by atoms with Crippen molar-refractivity contribution in [1.29, 1.82) is 0 Å². The van der Waals surface area contributed by atoms with Gasteiger partial charge < -0.3 is 20.1 Å². The van der Waals surface area contributed by atoms with E-state index < -0.39 is 10.8 Å². The highest BCUT2D eigenvalue weighted by atomic mass is 32.2. The van der Waals surface area contributed by atoms with Gasteiger partial charge in [-0.1, -0.05) is 61.2 Å². The summed E-state index contributed by atoms with van der Waals surface area (Å²) in [7, 11) is 1.65. The minimum Gasteiger partial charge on any atom is -0.392 e. The third kappa shape index (κ3) is 5.79. The Hall–Kier alpha value is -2.35. The van der Waals surface area contributed by atoms with Gasteiger partial charge in [0, 0.05) is 31.2 Å². The molecule has 1 heterocycles. The maximum absolute atomic E-state index is 14.1. The second kappa shape index (κ2) is 12.3. The molecule has 0 aromatic heterocycles. The average Bonchev–Trinajstić information content (AvgIpc) is 3.21. The summed E-state index contributed by atoms with van der Waals surface area (Å²) >= 11 is 1.51. The number of carbonyl (C=O) groups is 2. The van der Waals surface area contributed by atoms with Crippen molar-refractivity contribution in [3.05, 3.63) is 65.2 Å². The number of hydrogen-bond donors (Lipinski definition) is 2. The lowest BCUT2D eigenvalue weighted by molar-refractivity contribution is -0.132. The van der Waals surface area contributed by atoms with Crippen molar-refractivity contribution in [2.45, 2.75) is 80.2 Å². The highest BCUT2D eigenvalue weighted by molar-refractivity contribution is 8.01. The number of aliphatic hydroxyl groups is 1. The number of carbonyl (C=O) groups excluding carboxylic acids is 2. The highest BCUT2D eigenvalue weighted by Crippen LogP contribution is 2.54. The topological polar surface area (TPSA) is 78.9 Å². The third-order valence-electron chi connectivity index (χ3n) is 7.38. The zero-order valence-corrected chi connectivity index (χ0v) is 22.2. The van der Waals surface area contributed by atoms with Gasteiger partial charge in [-0.25, -0.2) is 0 Å². The molecule has 1 saturated heterocycles. The zero-order chi connectivity index (χ0) is 25.5. The van der Waals surface area contributed by atoms with Crippen LogP contribution in [0, 0.1) is 6.92 Å². The first-order valence-corrected chi connectivity index (χ1v) is 13.8. The molecule has 2 fully saturated rings. The molecule has 0 unspecified atom stereocenters. The molecule has 1 aliphatic heterocycles. The number of methoxy groups -OCH3 is 1. The van der Waals surface area contributed by atoms with Crippen LogP contribution in [0.4, 0.5) is 0 Å². The van der Waals surface area contributed by atoms with E-state index in [0.29, 0.717) is 19.6 Å². The summed E-state index contributed by atoms with van der Waals surface area (Å²) < 4.78 is 4.17. The molecule has 0 bridgehead atoms. The fourth-order valence-electron chi connectivity index (χ4n) is 5.52. The van der Waals surface area contributed by atoms with Crippen molar-refractivity contribution in [3.63, 3.8) is 0 Å². The molecule has 0 radical (unpaired) electrons. The molecule has 1 aliphatic carbocycles. The molecule has 4 rings (SSSR count). The van der Waals surface area contributed by atoms with E-state index in [1.54, 1.807) is 7.11 Å². The van der Waals surface area contributed by atoms with Crippen LogP contribution in [0.25, 0.3) is 0 Å². The molecule has 36 heavy (non-hydrogen) atoms. The fourth-order valence-corrected chi connectivity index (χ4v) is 6.93. The van der Waals surface area contributed by atoms with Gasteiger partial charge in [0.05, 0.1) is 19.1 Å². The van der Waals surface area contributed by atoms with E-state index in [-0.39, 0.29) is 30.9 Å². The van der Waals surface area contributed by atoms with Crippen molar-refractivity contribution in [2.24, 2.45) is 0 Å². The second-order valence-corrected chi connectivity index (χ2v) is 11.4. The zero-order valence-electron chi connectivity index (χ0n) is 21.4. The summed E-state index contributed by atoms with van der Waals surface area (Å²) in [5.74, 6) is -0.0585. The summed E-state index contributed by atoms with van der Waals surface area (Å²) in [5.41, 5.74) is 2.91. The van der Waals surface area contributed by atoms with E-state index >= 15 is 0 Å². The standard InChI is InChI=1S/C29H38N2O4S/c1-21-9-15-25(16-10-21)36-29(28(34)30-17-6-18-35-2)19-26(33)31(24-7-4-3-5-8-24)27(29)23-13-11-22(20-32)12-14-23/h9-16,24,27,32H,3-8,17-20H2,1-2H3,(H,30,34)/t27-,29-/m1/s1. The van der Waals surface area contributed by atoms with Crippen molar-refractivity contribution in [3.8, 4) is 0 Å². The van der Waals surface area contributed by atoms with Crippen molar-refractivity contribution >= 4 is 23.6 Å². The molecule has 2 aliphatic rings. The van der Waals surface area contributed by atoms with Crippen LogP contribution in [0.15, 0.2) is 53.4 Å². The van der Waals surface area contributed by atoms with Gasteiger partial charge in [0.25, 0.3) is 0 Å². The normalized spacial score (nSPS) is 22.7. The molecule has 2 aromatic carbocycles. The monoisotopic (exact) mass is 510 g/mol. The number of benzene rings is 2. The van der Waals surface area contributed by atoms with E-state index in [1.165, 1.54) is 18.2 Å². The smallest absolute Gasteiger partial charge is 0.239 e. The number of nitrogens with one attached hydrogen (secondary N) is 1. The molecule has 2 N–H and O–H groups in total. The number of aliphatic hydroxyl groups excluding tert-OH is 1. The van der Waals surface area contributed by atoms with Crippen LogP contribution in [-0.4, -0.2) is 52.9 Å². The molecule has 1 saturated carbocycles. The Labute approximate surface area is 218 Å². The maximum atomic E-state index is 14.1. The summed E-state index contributed by atoms with van der Waals surface area (Å²) in [4.78, 5) is 30.9.